The standard InChI is InChI=1S/C17H20N2O2/c1-2-21-17(20)15-7-8-16(19-11-9-18-10-12-19)14-6-4-3-5-13(14)15/h3-8,18H,2,9-12H2,1H3. The average molecular weight is 284 g/mol. The van der Waals surface area contributed by atoms with Gasteiger partial charge in [-0.3, -0.25) is 0 Å². The van der Waals surface area contributed by atoms with Crippen molar-refractivity contribution in [3.8, 4) is 0 Å². The number of carbonyl (C=O) groups is 1. The van der Waals surface area contributed by atoms with Gasteiger partial charge in [-0.1, -0.05) is 24.3 Å². The molecule has 0 aliphatic carbocycles. The summed E-state index contributed by atoms with van der Waals surface area (Å²) in [5.74, 6) is -0.249. The van der Waals surface area contributed by atoms with Crippen LogP contribution in [0.25, 0.3) is 10.8 Å². The van der Waals surface area contributed by atoms with Crippen molar-refractivity contribution in [3.05, 3.63) is 42.0 Å². The third-order valence-corrected chi connectivity index (χ3v) is 3.85. The molecule has 0 amide bonds. The van der Waals surface area contributed by atoms with Gasteiger partial charge < -0.3 is 15.0 Å². The highest BCUT2D eigenvalue weighted by atomic mass is 16.5. The second-order valence-corrected chi connectivity index (χ2v) is 5.14. The molecule has 1 aliphatic rings. The highest BCUT2D eigenvalue weighted by Crippen LogP contribution is 2.30. The number of nitrogens with zero attached hydrogens (tertiary/aromatic N) is 1. The lowest BCUT2D eigenvalue weighted by atomic mass is 10.0. The van der Waals surface area contributed by atoms with Gasteiger partial charge in [0.1, 0.15) is 0 Å². The number of anilines is 1. The Hall–Kier alpha value is -2.07. The highest BCUT2D eigenvalue weighted by Gasteiger charge is 2.17. The monoisotopic (exact) mass is 284 g/mol. The molecule has 1 heterocycles. The molecule has 0 saturated carbocycles. The van der Waals surface area contributed by atoms with E-state index in [1.807, 2.05) is 37.3 Å². The molecule has 4 heteroatoms. The SMILES string of the molecule is CCOC(=O)c1ccc(N2CCNCC2)c2ccccc12. The van der Waals surface area contributed by atoms with Crippen molar-refractivity contribution in [3.63, 3.8) is 0 Å². The smallest absolute Gasteiger partial charge is 0.338 e. The highest BCUT2D eigenvalue weighted by molar-refractivity contribution is 6.08. The fourth-order valence-corrected chi connectivity index (χ4v) is 2.85. The summed E-state index contributed by atoms with van der Waals surface area (Å²) in [6.45, 7) is 6.19. The Bertz CT molecular complexity index is 648. The van der Waals surface area contributed by atoms with Gasteiger partial charge in [-0.2, -0.15) is 0 Å². The van der Waals surface area contributed by atoms with Crippen LogP contribution in [0.2, 0.25) is 0 Å². The van der Waals surface area contributed by atoms with E-state index in [9.17, 15) is 4.79 Å². The van der Waals surface area contributed by atoms with Gasteiger partial charge in [0.15, 0.2) is 0 Å². The van der Waals surface area contributed by atoms with Crippen molar-refractivity contribution in [2.45, 2.75) is 6.92 Å². The predicted molar refractivity (Wildman–Crippen MR) is 85.0 cm³/mol. The van der Waals surface area contributed by atoms with E-state index in [1.54, 1.807) is 0 Å². The summed E-state index contributed by atoms with van der Waals surface area (Å²) in [6.07, 6.45) is 0. The zero-order chi connectivity index (χ0) is 14.7. The van der Waals surface area contributed by atoms with Crippen LogP contribution >= 0.6 is 0 Å². The Morgan fingerprint density at radius 3 is 2.57 bits per heavy atom. The van der Waals surface area contributed by atoms with E-state index < -0.39 is 0 Å². The average Bonchev–Trinajstić information content (AvgIpc) is 2.55. The molecule has 0 spiro atoms. The van der Waals surface area contributed by atoms with E-state index in [0.29, 0.717) is 12.2 Å². The van der Waals surface area contributed by atoms with Crippen molar-refractivity contribution in [1.29, 1.82) is 0 Å². The maximum Gasteiger partial charge on any atom is 0.338 e. The number of piperazine rings is 1. The maximum atomic E-state index is 12.1. The third-order valence-electron chi connectivity index (χ3n) is 3.85. The molecule has 21 heavy (non-hydrogen) atoms. The topological polar surface area (TPSA) is 41.6 Å². The number of carbonyl (C=O) groups excluding carboxylic acids is 1. The van der Waals surface area contributed by atoms with E-state index in [2.05, 4.69) is 16.3 Å². The Kier molecular flexibility index (Phi) is 4.06. The largest absolute Gasteiger partial charge is 0.462 e. The zero-order valence-electron chi connectivity index (χ0n) is 12.3. The van der Waals surface area contributed by atoms with Crippen LogP contribution in [-0.4, -0.2) is 38.8 Å². The number of ether oxygens (including phenoxy) is 1. The van der Waals surface area contributed by atoms with Crippen LogP contribution in [0.1, 0.15) is 17.3 Å². The number of hydrogen-bond acceptors (Lipinski definition) is 4. The van der Waals surface area contributed by atoms with Gasteiger partial charge in [-0.15, -0.1) is 0 Å². The molecule has 0 radical (unpaired) electrons. The first-order valence-electron chi connectivity index (χ1n) is 7.46. The number of benzene rings is 2. The Balaban J connectivity index is 2.07. The van der Waals surface area contributed by atoms with Crippen LogP contribution < -0.4 is 10.2 Å². The molecular weight excluding hydrogens is 264 g/mol. The molecule has 2 aromatic carbocycles. The molecule has 110 valence electrons. The number of esters is 1. The van der Waals surface area contributed by atoms with Crippen LogP contribution in [0.4, 0.5) is 5.69 Å². The summed E-state index contributed by atoms with van der Waals surface area (Å²) in [6, 6.07) is 12.0. The minimum atomic E-state index is -0.249. The van der Waals surface area contributed by atoms with E-state index in [4.69, 9.17) is 4.74 Å². The Morgan fingerprint density at radius 1 is 1.14 bits per heavy atom. The fraction of sp³-hybridized carbons (Fsp3) is 0.353. The molecule has 0 bridgehead atoms. The number of rotatable bonds is 3. The molecule has 3 rings (SSSR count). The Morgan fingerprint density at radius 2 is 1.86 bits per heavy atom. The quantitative estimate of drug-likeness (QED) is 0.879. The summed E-state index contributed by atoms with van der Waals surface area (Å²) in [5, 5.41) is 5.44. The summed E-state index contributed by atoms with van der Waals surface area (Å²) < 4.78 is 5.16. The van der Waals surface area contributed by atoms with Crippen LogP contribution in [0, 0.1) is 0 Å². The summed E-state index contributed by atoms with van der Waals surface area (Å²) >= 11 is 0. The van der Waals surface area contributed by atoms with Crippen molar-refractivity contribution in [2.75, 3.05) is 37.7 Å². The van der Waals surface area contributed by atoms with Crippen LogP contribution in [0.3, 0.4) is 0 Å². The lowest BCUT2D eigenvalue weighted by Crippen LogP contribution is -2.43. The van der Waals surface area contributed by atoms with E-state index in [1.165, 1.54) is 5.69 Å². The van der Waals surface area contributed by atoms with Gasteiger partial charge in [0.05, 0.1) is 12.2 Å². The van der Waals surface area contributed by atoms with Gasteiger partial charge in [-0.05, 0) is 24.4 Å². The minimum absolute atomic E-state index is 0.249. The van der Waals surface area contributed by atoms with E-state index in [-0.39, 0.29) is 5.97 Å². The molecular formula is C17H20N2O2. The molecule has 4 nitrogen and oxygen atoms in total. The van der Waals surface area contributed by atoms with Gasteiger partial charge in [0.2, 0.25) is 0 Å². The van der Waals surface area contributed by atoms with Gasteiger partial charge in [-0.25, -0.2) is 4.79 Å². The molecule has 1 saturated heterocycles. The van der Waals surface area contributed by atoms with E-state index >= 15 is 0 Å². The van der Waals surface area contributed by atoms with Gasteiger partial charge in [0, 0.05) is 37.3 Å². The normalized spacial score (nSPS) is 15.2. The van der Waals surface area contributed by atoms with Gasteiger partial charge >= 0.3 is 5.97 Å². The summed E-state index contributed by atoms with van der Waals surface area (Å²) in [5.41, 5.74) is 1.84. The second-order valence-electron chi connectivity index (χ2n) is 5.14. The molecule has 0 aromatic heterocycles. The molecule has 0 atom stereocenters. The molecule has 1 fully saturated rings. The van der Waals surface area contributed by atoms with Crippen molar-refractivity contribution in [1.82, 2.24) is 5.32 Å². The zero-order valence-corrected chi connectivity index (χ0v) is 12.3. The first-order chi connectivity index (χ1) is 10.3. The van der Waals surface area contributed by atoms with Crippen molar-refractivity contribution in [2.24, 2.45) is 0 Å². The summed E-state index contributed by atoms with van der Waals surface area (Å²) in [7, 11) is 0. The maximum absolute atomic E-state index is 12.1. The van der Waals surface area contributed by atoms with Crippen molar-refractivity contribution < 1.29 is 9.53 Å². The van der Waals surface area contributed by atoms with Crippen LogP contribution in [0.15, 0.2) is 36.4 Å². The van der Waals surface area contributed by atoms with E-state index in [0.717, 1.165) is 37.0 Å². The van der Waals surface area contributed by atoms with Crippen LogP contribution in [0.5, 0.6) is 0 Å². The fourth-order valence-electron chi connectivity index (χ4n) is 2.85. The predicted octanol–water partition coefficient (Wildman–Crippen LogP) is 2.43. The molecule has 2 aromatic rings. The Labute approximate surface area is 124 Å². The molecule has 0 unspecified atom stereocenters. The molecule has 1 N–H and O–H groups in total. The first-order valence-corrected chi connectivity index (χ1v) is 7.46. The lowest BCUT2D eigenvalue weighted by molar-refractivity contribution is 0.0528. The van der Waals surface area contributed by atoms with Gasteiger partial charge in [0.25, 0.3) is 0 Å². The third kappa shape index (κ3) is 2.72. The number of hydrogen-bond donors (Lipinski definition) is 1. The lowest BCUT2D eigenvalue weighted by Gasteiger charge is -2.30. The second kappa shape index (κ2) is 6.14. The first kappa shape index (κ1) is 13.9. The minimum Gasteiger partial charge on any atom is -0.462 e. The molecule has 1 aliphatic heterocycles. The summed E-state index contributed by atoms with van der Waals surface area (Å²) in [4.78, 5) is 14.5. The van der Waals surface area contributed by atoms with Crippen LogP contribution in [-0.2, 0) is 4.74 Å². The van der Waals surface area contributed by atoms with Crippen molar-refractivity contribution >= 4 is 22.4 Å². The number of nitrogens with one attached hydrogen (secondary N) is 1. The number of fused-ring (bicyclic) bond motifs is 1.